The number of ether oxygens (including phenoxy) is 2. The molecule has 0 bridgehead atoms. The van der Waals surface area contributed by atoms with Crippen molar-refractivity contribution in [3.63, 3.8) is 0 Å². The molecule has 1 heterocycles. The van der Waals surface area contributed by atoms with E-state index in [0.717, 1.165) is 29.0 Å². The molecule has 0 radical (unpaired) electrons. The predicted molar refractivity (Wildman–Crippen MR) is 110 cm³/mol. The number of methoxy groups -OCH3 is 2. The molecule has 5 heteroatoms. The molecule has 0 aromatic heterocycles. The molecule has 3 atom stereocenters. The van der Waals surface area contributed by atoms with Crippen molar-refractivity contribution in [1.82, 2.24) is 0 Å². The highest BCUT2D eigenvalue weighted by atomic mass is 16.5. The van der Waals surface area contributed by atoms with Crippen LogP contribution in [0.2, 0.25) is 0 Å². The number of hydrogen-bond acceptors (Lipinski definition) is 5. The zero-order valence-corrected chi connectivity index (χ0v) is 16.3. The zero-order valence-electron chi connectivity index (χ0n) is 16.3. The van der Waals surface area contributed by atoms with Crippen molar-refractivity contribution in [1.29, 1.82) is 0 Å². The molecule has 0 fully saturated rings. The van der Waals surface area contributed by atoms with E-state index in [0.29, 0.717) is 11.7 Å². The van der Waals surface area contributed by atoms with Crippen LogP contribution in [0.1, 0.15) is 48.9 Å². The highest BCUT2D eigenvalue weighted by Crippen LogP contribution is 2.42. The lowest BCUT2D eigenvalue weighted by Crippen LogP contribution is -2.13. The van der Waals surface area contributed by atoms with Crippen molar-refractivity contribution in [2.24, 2.45) is 10.2 Å². The van der Waals surface area contributed by atoms with Gasteiger partial charge in [0.15, 0.2) is 11.5 Å². The van der Waals surface area contributed by atoms with Crippen molar-refractivity contribution in [2.75, 3.05) is 20.0 Å². The molecule has 2 N–H and O–H groups in total. The lowest BCUT2D eigenvalue weighted by molar-refractivity contribution is 0.353. The Bertz CT molecular complexity index is 843. The number of anilines is 1. The van der Waals surface area contributed by atoms with Crippen LogP contribution in [0.15, 0.2) is 52.7 Å². The third kappa shape index (κ3) is 3.97. The van der Waals surface area contributed by atoms with E-state index >= 15 is 0 Å². The summed E-state index contributed by atoms with van der Waals surface area (Å²) in [5.74, 6) is 1.74. The van der Waals surface area contributed by atoms with E-state index in [-0.39, 0.29) is 12.1 Å². The monoisotopic (exact) mass is 365 g/mol. The largest absolute Gasteiger partial charge is 0.493 e. The minimum atomic E-state index is -0.170. The summed E-state index contributed by atoms with van der Waals surface area (Å²) in [6, 6.07) is 11.8. The fraction of sp³-hybridized carbons (Fsp3) is 0.364. The second-order valence-electron chi connectivity index (χ2n) is 6.79. The van der Waals surface area contributed by atoms with E-state index < -0.39 is 0 Å². The summed E-state index contributed by atoms with van der Waals surface area (Å²) in [4.78, 5) is 0. The molecule has 0 saturated carbocycles. The first-order valence-electron chi connectivity index (χ1n) is 9.26. The number of nitrogens with two attached hydrogens (primary N) is 1. The van der Waals surface area contributed by atoms with Gasteiger partial charge in [0.25, 0.3) is 0 Å². The molecule has 27 heavy (non-hydrogen) atoms. The smallest absolute Gasteiger partial charge is 0.161 e. The Labute approximate surface area is 160 Å². The first kappa shape index (κ1) is 19.0. The van der Waals surface area contributed by atoms with Crippen molar-refractivity contribution in [3.05, 3.63) is 59.2 Å². The Morgan fingerprint density at radius 3 is 2.22 bits per heavy atom. The maximum absolute atomic E-state index is 5.77. The summed E-state index contributed by atoms with van der Waals surface area (Å²) in [6.07, 6.45) is 5.11. The van der Waals surface area contributed by atoms with Crippen LogP contribution in [0.3, 0.4) is 0 Å². The molecule has 2 aromatic rings. The van der Waals surface area contributed by atoms with Gasteiger partial charge in [-0.25, -0.2) is 0 Å². The molecule has 2 aromatic carbocycles. The van der Waals surface area contributed by atoms with Crippen LogP contribution in [-0.2, 0) is 0 Å². The Balaban J connectivity index is 2.07. The average molecular weight is 365 g/mol. The van der Waals surface area contributed by atoms with Crippen LogP contribution in [-0.4, -0.2) is 20.3 Å². The summed E-state index contributed by atoms with van der Waals surface area (Å²) < 4.78 is 11.1. The number of azo groups is 1. The fourth-order valence-corrected chi connectivity index (χ4v) is 3.58. The molecule has 0 aliphatic carbocycles. The molecule has 0 amide bonds. The Hall–Kier alpha value is -2.82. The van der Waals surface area contributed by atoms with Crippen molar-refractivity contribution >= 4 is 11.8 Å². The maximum Gasteiger partial charge on any atom is 0.161 e. The summed E-state index contributed by atoms with van der Waals surface area (Å²) in [5, 5.41) is 9.21. The minimum Gasteiger partial charge on any atom is -0.493 e. The van der Waals surface area contributed by atoms with Gasteiger partial charge in [-0.05, 0) is 54.3 Å². The van der Waals surface area contributed by atoms with E-state index in [1.54, 1.807) is 14.2 Å². The molecular weight excluding hydrogens is 338 g/mol. The average Bonchev–Trinajstić information content (AvgIpc) is 2.82. The summed E-state index contributed by atoms with van der Waals surface area (Å²) in [7, 11) is 3.32. The normalized spacial score (nSPS) is 21.7. The first-order chi connectivity index (χ1) is 13.1. The molecule has 3 rings (SSSR count). The SMILES string of the molecule is CCC1c2cc(OC)c(OC)cc2C(C=Cc2ccc(N)cc2)N=NC1C. The van der Waals surface area contributed by atoms with E-state index in [4.69, 9.17) is 15.2 Å². The van der Waals surface area contributed by atoms with Crippen LogP contribution in [0.4, 0.5) is 5.69 Å². The van der Waals surface area contributed by atoms with E-state index in [1.165, 1.54) is 5.56 Å². The summed E-state index contributed by atoms with van der Waals surface area (Å²) >= 11 is 0. The number of benzene rings is 2. The van der Waals surface area contributed by atoms with Crippen LogP contribution in [0, 0.1) is 0 Å². The number of rotatable bonds is 5. The third-order valence-corrected chi connectivity index (χ3v) is 5.11. The van der Waals surface area contributed by atoms with Crippen LogP contribution >= 0.6 is 0 Å². The van der Waals surface area contributed by atoms with Crippen LogP contribution in [0.5, 0.6) is 11.5 Å². The number of fused-ring (bicyclic) bond motifs is 1. The second kappa shape index (κ2) is 8.25. The minimum absolute atomic E-state index is 0.113. The quantitative estimate of drug-likeness (QED) is 0.722. The molecule has 5 nitrogen and oxygen atoms in total. The molecule has 142 valence electrons. The van der Waals surface area contributed by atoms with Gasteiger partial charge < -0.3 is 15.2 Å². The molecular formula is C22H27N3O2. The molecule has 3 unspecified atom stereocenters. The van der Waals surface area contributed by atoms with Crippen molar-refractivity contribution in [2.45, 2.75) is 38.3 Å². The van der Waals surface area contributed by atoms with Gasteiger partial charge in [0.05, 0.1) is 20.3 Å². The van der Waals surface area contributed by atoms with Crippen molar-refractivity contribution in [3.8, 4) is 11.5 Å². The standard InChI is InChI=1S/C22H27N3O2/c1-5-17-14(2)24-25-20(11-8-15-6-9-16(23)10-7-15)19-13-22(27-4)21(26-3)12-18(17)19/h6-14,17,20H,5,23H2,1-4H3. The number of hydrogen-bond donors (Lipinski definition) is 1. The third-order valence-electron chi connectivity index (χ3n) is 5.11. The second-order valence-corrected chi connectivity index (χ2v) is 6.79. The van der Waals surface area contributed by atoms with Crippen LogP contribution < -0.4 is 15.2 Å². The molecule has 0 spiro atoms. The maximum atomic E-state index is 5.77. The lowest BCUT2D eigenvalue weighted by Gasteiger charge is -2.22. The fourth-order valence-electron chi connectivity index (χ4n) is 3.58. The molecule has 0 saturated heterocycles. The van der Waals surface area contributed by atoms with E-state index in [9.17, 15) is 0 Å². The Morgan fingerprint density at radius 2 is 1.63 bits per heavy atom. The number of nitrogens with zero attached hydrogens (tertiary/aromatic N) is 2. The molecule has 1 aliphatic heterocycles. The number of nitrogen functional groups attached to an aromatic ring is 1. The topological polar surface area (TPSA) is 69.2 Å². The lowest BCUT2D eigenvalue weighted by atomic mass is 9.85. The van der Waals surface area contributed by atoms with Gasteiger partial charge in [-0.1, -0.05) is 31.2 Å². The van der Waals surface area contributed by atoms with Crippen LogP contribution in [0.25, 0.3) is 6.08 Å². The van der Waals surface area contributed by atoms with Gasteiger partial charge in [0.2, 0.25) is 0 Å². The van der Waals surface area contributed by atoms with Gasteiger partial charge in [-0.2, -0.15) is 10.2 Å². The highest BCUT2D eigenvalue weighted by Gasteiger charge is 2.28. The van der Waals surface area contributed by atoms with Gasteiger partial charge in [-0.3, -0.25) is 0 Å². The molecule has 1 aliphatic rings. The van der Waals surface area contributed by atoms with E-state index in [1.807, 2.05) is 30.3 Å². The van der Waals surface area contributed by atoms with Crippen molar-refractivity contribution < 1.29 is 9.47 Å². The first-order valence-corrected chi connectivity index (χ1v) is 9.26. The van der Waals surface area contributed by atoms with Gasteiger partial charge in [0.1, 0.15) is 6.04 Å². The van der Waals surface area contributed by atoms with E-state index in [2.05, 4.69) is 42.3 Å². The predicted octanol–water partition coefficient (Wildman–Crippen LogP) is 5.39. The van der Waals surface area contributed by atoms with Gasteiger partial charge in [0, 0.05) is 11.6 Å². The summed E-state index contributed by atoms with van der Waals surface area (Å²) in [5.41, 5.74) is 9.93. The zero-order chi connectivity index (χ0) is 19.4. The summed E-state index contributed by atoms with van der Waals surface area (Å²) in [6.45, 7) is 4.30. The highest BCUT2D eigenvalue weighted by molar-refractivity contribution is 5.56. The Kier molecular flexibility index (Phi) is 5.79. The van der Waals surface area contributed by atoms with Gasteiger partial charge in [-0.15, -0.1) is 0 Å². The van der Waals surface area contributed by atoms with Gasteiger partial charge >= 0.3 is 0 Å². The Morgan fingerprint density at radius 1 is 1.00 bits per heavy atom.